The highest BCUT2D eigenvalue weighted by atomic mass is 79.9. The van der Waals surface area contributed by atoms with Gasteiger partial charge in [-0.15, -0.1) is 0 Å². The predicted molar refractivity (Wildman–Crippen MR) is 71.2 cm³/mol. The number of benzene rings is 1. The highest BCUT2D eigenvalue weighted by Gasteiger charge is 2.25. The molecule has 0 aliphatic heterocycles. The van der Waals surface area contributed by atoms with Gasteiger partial charge in [0.2, 0.25) is 0 Å². The third-order valence-electron chi connectivity index (χ3n) is 2.93. The third kappa shape index (κ3) is 3.01. The van der Waals surface area contributed by atoms with Gasteiger partial charge in [0.25, 0.3) is 5.91 Å². The quantitative estimate of drug-likeness (QED) is 0.896. The van der Waals surface area contributed by atoms with E-state index in [1.165, 1.54) is 12.1 Å². The lowest BCUT2D eigenvalue weighted by Crippen LogP contribution is -2.17. The average molecular weight is 328 g/mol. The summed E-state index contributed by atoms with van der Waals surface area (Å²) in [4.78, 5) is 22.9. The van der Waals surface area contributed by atoms with E-state index in [-0.39, 0.29) is 16.8 Å². The maximum atomic E-state index is 13.6. The monoisotopic (exact) mass is 327 g/mol. The van der Waals surface area contributed by atoms with Crippen LogP contribution in [0.2, 0.25) is 0 Å². The summed E-state index contributed by atoms with van der Waals surface area (Å²) in [6.45, 7) is 0. The van der Waals surface area contributed by atoms with Crippen molar-refractivity contribution >= 4 is 33.5 Å². The normalized spacial score (nSPS) is 14.6. The molecule has 0 saturated carbocycles. The van der Waals surface area contributed by atoms with E-state index in [2.05, 4.69) is 21.2 Å². The van der Waals surface area contributed by atoms with Crippen molar-refractivity contribution in [3.63, 3.8) is 0 Å². The Balaban J connectivity index is 2.22. The lowest BCUT2D eigenvalue weighted by atomic mass is 10.1. The Labute approximate surface area is 117 Å². The molecule has 6 heteroatoms. The topological polar surface area (TPSA) is 66.4 Å². The number of carboxylic acid groups (broad SMARTS) is 1. The molecule has 0 unspecified atom stereocenters. The fourth-order valence-corrected chi connectivity index (χ4v) is 2.35. The van der Waals surface area contributed by atoms with Crippen LogP contribution in [0.1, 0.15) is 19.3 Å². The van der Waals surface area contributed by atoms with Gasteiger partial charge in [-0.2, -0.15) is 0 Å². The van der Waals surface area contributed by atoms with Gasteiger partial charge in [-0.3, -0.25) is 4.79 Å². The molecule has 0 spiro atoms. The van der Waals surface area contributed by atoms with Crippen molar-refractivity contribution in [1.82, 2.24) is 0 Å². The number of amides is 1. The summed E-state index contributed by atoms with van der Waals surface area (Å²) in [5.74, 6) is -2.20. The molecule has 1 aromatic carbocycles. The van der Waals surface area contributed by atoms with Crippen LogP contribution in [0.3, 0.4) is 0 Å². The zero-order chi connectivity index (χ0) is 14.0. The zero-order valence-corrected chi connectivity index (χ0v) is 11.5. The summed E-state index contributed by atoms with van der Waals surface area (Å²) in [5, 5.41) is 11.4. The molecule has 0 saturated heterocycles. The average Bonchev–Trinajstić information content (AvgIpc) is 2.82. The summed E-state index contributed by atoms with van der Waals surface area (Å²) in [5.41, 5.74) is 0.391. The SMILES string of the molecule is O=C(O)C1=C(C(=O)Nc2ccc(Br)cc2F)CCC1. The number of hydrogen-bond donors (Lipinski definition) is 2. The number of hydrogen-bond acceptors (Lipinski definition) is 2. The van der Waals surface area contributed by atoms with Crippen molar-refractivity contribution in [3.05, 3.63) is 39.6 Å². The van der Waals surface area contributed by atoms with Gasteiger partial charge in [0, 0.05) is 15.6 Å². The summed E-state index contributed by atoms with van der Waals surface area (Å²) < 4.78 is 14.1. The Morgan fingerprint density at radius 1 is 1.26 bits per heavy atom. The Hall–Kier alpha value is -1.69. The molecule has 2 N–H and O–H groups in total. The molecule has 1 aliphatic rings. The number of anilines is 1. The van der Waals surface area contributed by atoms with Gasteiger partial charge < -0.3 is 10.4 Å². The summed E-state index contributed by atoms with van der Waals surface area (Å²) in [7, 11) is 0. The fourth-order valence-electron chi connectivity index (χ4n) is 2.02. The largest absolute Gasteiger partial charge is 0.478 e. The molecule has 0 heterocycles. The van der Waals surface area contributed by atoms with E-state index in [0.29, 0.717) is 23.7 Å². The van der Waals surface area contributed by atoms with Gasteiger partial charge in [-0.25, -0.2) is 9.18 Å². The molecular formula is C13H11BrFNO3. The van der Waals surface area contributed by atoms with Crippen LogP contribution in [0.15, 0.2) is 33.8 Å². The molecule has 0 radical (unpaired) electrons. The van der Waals surface area contributed by atoms with Crippen LogP contribution < -0.4 is 5.32 Å². The molecule has 100 valence electrons. The van der Waals surface area contributed by atoms with Crippen molar-refractivity contribution in [2.45, 2.75) is 19.3 Å². The van der Waals surface area contributed by atoms with E-state index in [1.807, 2.05) is 0 Å². The Kier molecular flexibility index (Phi) is 3.99. The smallest absolute Gasteiger partial charge is 0.332 e. The van der Waals surface area contributed by atoms with E-state index in [1.54, 1.807) is 6.07 Å². The van der Waals surface area contributed by atoms with Gasteiger partial charge in [-0.1, -0.05) is 15.9 Å². The lowest BCUT2D eigenvalue weighted by molar-refractivity contribution is -0.133. The number of rotatable bonds is 3. The Morgan fingerprint density at radius 2 is 1.95 bits per heavy atom. The fraction of sp³-hybridized carbons (Fsp3) is 0.231. The number of halogens is 2. The molecular weight excluding hydrogens is 317 g/mol. The first-order chi connectivity index (χ1) is 8.99. The van der Waals surface area contributed by atoms with Crippen LogP contribution in [0.4, 0.5) is 10.1 Å². The van der Waals surface area contributed by atoms with Crippen LogP contribution in [-0.4, -0.2) is 17.0 Å². The van der Waals surface area contributed by atoms with Crippen molar-refractivity contribution in [2.24, 2.45) is 0 Å². The third-order valence-corrected chi connectivity index (χ3v) is 3.42. The van der Waals surface area contributed by atoms with E-state index >= 15 is 0 Å². The molecule has 0 atom stereocenters. The number of carbonyl (C=O) groups is 2. The van der Waals surface area contributed by atoms with E-state index < -0.39 is 17.7 Å². The minimum atomic E-state index is -1.08. The second-order valence-electron chi connectivity index (χ2n) is 4.19. The molecule has 0 aromatic heterocycles. The van der Waals surface area contributed by atoms with E-state index in [4.69, 9.17) is 5.11 Å². The highest BCUT2D eigenvalue weighted by molar-refractivity contribution is 9.10. The molecule has 4 nitrogen and oxygen atoms in total. The number of carboxylic acids is 1. The second kappa shape index (κ2) is 5.52. The lowest BCUT2D eigenvalue weighted by Gasteiger charge is -2.08. The maximum absolute atomic E-state index is 13.6. The molecule has 0 fully saturated rings. The van der Waals surface area contributed by atoms with Crippen LogP contribution >= 0.6 is 15.9 Å². The van der Waals surface area contributed by atoms with Crippen molar-refractivity contribution in [2.75, 3.05) is 5.32 Å². The molecule has 2 rings (SSSR count). The van der Waals surface area contributed by atoms with Crippen LogP contribution in [0, 0.1) is 5.82 Å². The zero-order valence-electron chi connectivity index (χ0n) is 9.87. The Morgan fingerprint density at radius 3 is 2.58 bits per heavy atom. The van der Waals surface area contributed by atoms with Gasteiger partial charge >= 0.3 is 5.97 Å². The van der Waals surface area contributed by atoms with E-state index in [0.717, 1.165) is 0 Å². The predicted octanol–water partition coefficient (Wildman–Crippen LogP) is 3.09. The summed E-state index contributed by atoms with van der Waals surface area (Å²) >= 11 is 3.12. The molecule has 0 bridgehead atoms. The molecule has 1 aromatic rings. The molecule has 1 aliphatic carbocycles. The standard InChI is InChI=1S/C13H11BrFNO3/c14-7-4-5-11(10(15)6-7)16-12(17)8-2-1-3-9(8)13(18)19/h4-6H,1-3H2,(H,16,17)(H,18,19). The van der Waals surface area contributed by atoms with Crippen LogP contribution in [0.25, 0.3) is 0 Å². The first kappa shape index (κ1) is 13.7. The second-order valence-corrected chi connectivity index (χ2v) is 5.11. The number of nitrogens with one attached hydrogen (secondary N) is 1. The minimum Gasteiger partial charge on any atom is -0.478 e. The van der Waals surface area contributed by atoms with Crippen molar-refractivity contribution in [3.8, 4) is 0 Å². The van der Waals surface area contributed by atoms with Gasteiger partial charge in [-0.05, 0) is 37.5 Å². The van der Waals surface area contributed by atoms with Gasteiger partial charge in [0.15, 0.2) is 0 Å². The maximum Gasteiger partial charge on any atom is 0.332 e. The van der Waals surface area contributed by atoms with Gasteiger partial charge in [0.05, 0.1) is 5.69 Å². The van der Waals surface area contributed by atoms with Crippen molar-refractivity contribution in [1.29, 1.82) is 0 Å². The Bertz CT molecular complexity index is 583. The summed E-state index contributed by atoms with van der Waals surface area (Å²) in [6.07, 6.45) is 1.42. The van der Waals surface area contributed by atoms with Crippen LogP contribution in [-0.2, 0) is 9.59 Å². The molecule has 1 amide bonds. The first-order valence-electron chi connectivity index (χ1n) is 5.70. The molecule has 19 heavy (non-hydrogen) atoms. The van der Waals surface area contributed by atoms with Crippen molar-refractivity contribution < 1.29 is 19.1 Å². The highest BCUT2D eigenvalue weighted by Crippen LogP contribution is 2.28. The van der Waals surface area contributed by atoms with E-state index in [9.17, 15) is 14.0 Å². The minimum absolute atomic E-state index is 0.0392. The number of carbonyl (C=O) groups excluding carboxylic acids is 1. The first-order valence-corrected chi connectivity index (χ1v) is 6.50. The summed E-state index contributed by atoms with van der Waals surface area (Å²) in [6, 6.07) is 4.25. The van der Waals surface area contributed by atoms with Crippen LogP contribution in [0.5, 0.6) is 0 Å². The van der Waals surface area contributed by atoms with Gasteiger partial charge in [0.1, 0.15) is 5.82 Å². The number of aliphatic carboxylic acids is 1.